The largest absolute Gasteiger partial charge is 0.492 e. The summed E-state index contributed by atoms with van der Waals surface area (Å²) in [6, 6.07) is 20.8. The van der Waals surface area contributed by atoms with E-state index in [2.05, 4.69) is 5.32 Å². The zero-order valence-electron chi connectivity index (χ0n) is 18.5. The van der Waals surface area contributed by atoms with E-state index in [9.17, 15) is 13.2 Å². The molecule has 0 spiro atoms. The summed E-state index contributed by atoms with van der Waals surface area (Å²) in [5, 5.41) is 2.78. The second kappa shape index (κ2) is 9.54. The van der Waals surface area contributed by atoms with Crippen LogP contribution in [0.15, 0.2) is 77.7 Å². The number of aryl methyl sites for hydroxylation is 2. The van der Waals surface area contributed by atoms with Crippen LogP contribution >= 0.6 is 0 Å². The maximum Gasteiger partial charge on any atom is 0.264 e. The molecule has 0 aliphatic carbocycles. The van der Waals surface area contributed by atoms with Gasteiger partial charge in [-0.05, 0) is 61.4 Å². The fourth-order valence-corrected chi connectivity index (χ4v) is 5.04. The summed E-state index contributed by atoms with van der Waals surface area (Å²) in [7, 11) is -3.86. The van der Waals surface area contributed by atoms with Crippen LogP contribution in [0.25, 0.3) is 0 Å². The van der Waals surface area contributed by atoms with E-state index in [-0.39, 0.29) is 24.6 Å². The number of amides is 1. The van der Waals surface area contributed by atoms with Gasteiger partial charge in [-0.1, -0.05) is 36.4 Å². The first-order chi connectivity index (χ1) is 15.9. The Kier molecular flexibility index (Phi) is 6.55. The van der Waals surface area contributed by atoms with E-state index in [4.69, 9.17) is 9.47 Å². The standard InChI is InChI=1S/C25H26N2O5S/c1-18-12-13-20(16-19(18)2)31-15-14-26-25(28)24-17-27(22-10-6-7-11-23(22)32-24)33(29,30)21-8-4-3-5-9-21/h3-13,16,24H,14-15,17H2,1-2H3,(H,26,28)/t24-/m1/s1. The van der Waals surface area contributed by atoms with Crippen LogP contribution in [0.1, 0.15) is 11.1 Å². The van der Waals surface area contributed by atoms with Gasteiger partial charge in [0, 0.05) is 0 Å². The number of anilines is 1. The molecule has 3 aromatic rings. The minimum atomic E-state index is -3.86. The molecule has 0 radical (unpaired) electrons. The molecule has 7 nitrogen and oxygen atoms in total. The first kappa shape index (κ1) is 22.7. The summed E-state index contributed by atoms with van der Waals surface area (Å²) >= 11 is 0. The molecule has 0 unspecified atom stereocenters. The first-order valence-electron chi connectivity index (χ1n) is 10.7. The SMILES string of the molecule is Cc1ccc(OCCNC(=O)[C@H]2CN(S(=O)(=O)c3ccccc3)c3ccccc3O2)cc1C. The van der Waals surface area contributed by atoms with E-state index < -0.39 is 22.0 Å². The molecule has 0 bridgehead atoms. The summed E-state index contributed by atoms with van der Waals surface area (Å²) in [5.41, 5.74) is 2.72. The molecule has 0 saturated heterocycles. The zero-order chi connectivity index (χ0) is 23.4. The number of nitrogens with one attached hydrogen (secondary N) is 1. The third-order valence-electron chi connectivity index (χ3n) is 5.51. The summed E-state index contributed by atoms with van der Waals surface area (Å²) < 4.78 is 39.4. The van der Waals surface area contributed by atoms with Crippen molar-refractivity contribution in [1.82, 2.24) is 5.32 Å². The van der Waals surface area contributed by atoms with Gasteiger partial charge >= 0.3 is 0 Å². The topological polar surface area (TPSA) is 84.9 Å². The molecule has 0 aromatic heterocycles. The Hall–Kier alpha value is -3.52. The number of nitrogens with zero attached hydrogens (tertiary/aromatic N) is 1. The highest BCUT2D eigenvalue weighted by Crippen LogP contribution is 2.36. The molecular formula is C25H26N2O5S. The van der Waals surface area contributed by atoms with Gasteiger partial charge in [-0.2, -0.15) is 0 Å². The molecule has 0 saturated carbocycles. The monoisotopic (exact) mass is 466 g/mol. The number of ether oxygens (including phenoxy) is 2. The number of carbonyl (C=O) groups excluding carboxylic acids is 1. The second-order valence-corrected chi connectivity index (χ2v) is 9.67. The highest BCUT2D eigenvalue weighted by atomic mass is 32.2. The number of fused-ring (bicyclic) bond motifs is 1. The molecular weight excluding hydrogens is 440 g/mol. The van der Waals surface area contributed by atoms with Gasteiger partial charge in [0.05, 0.1) is 23.7 Å². The normalized spacial score (nSPS) is 15.3. The van der Waals surface area contributed by atoms with Crippen LogP contribution in [0.5, 0.6) is 11.5 Å². The van der Waals surface area contributed by atoms with Crippen molar-refractivity contribution in [3.63, 3.8) is 0 Å². The van der Waals surface area contributed by atoms with Crippen molar-refractivity contribution in [2.75, 3.05) is 24.0 Å². The fourth-order valence-electron chi connectivity index (χ4n) is 3.55. The molecule has 8 heteroatoms. The van der Waals surface area contributed by atoms with Gasteiger partial charge in [-0.15, -0.1) is 0 Å². The molecule has 4 rings (SSSR count). The van der Waals surface area contributed by atoms with Crippen LogP contribution in [0.4, 0.5) is 5.69 Å². The Morgan fingerprint density at radius 1 is 1.03 bits per heavy atom. The number of carbonyl (C=O) groups is 1. The van der Waals surface area contributed by atoms with Gasteiger partial charge in [0.25, 0.3) is 15.9 Å². The summed E-state index contributed by atoms with van der Waals surface area (Å²) in [6.07, 6.45) is -0.986. The molecule has 33 heavy (non-hydrogen) atoms. The van der Waals surface area contributed by atoms with E-state index in [0.29, 0.717) is 11.4 Å². The lowest BCUT2D eigenvalue weighted by atomic mass is 10.1. The lowest BCUT2D eigenvalue weighted by molar-refractivity contribution is -0.127. The molecule has 1 aliphatic heterocycles. The molecule has 3 aromatic carbocycles. The lowest BCUT2D eigenvalue weighted by Gasteiger charge is -2.34. The first-order valence-corrected chi connectivity index (χ1v) is 12.1. The van der Waals surface area contributed by atoms with Crippen molar-refractivity contribution >= 4 is 21.6 Å². The van der Waals surface area contributed by atoms with E-state index in [1.807, 2.05) is 32.0 Å². The van der Waals surface area contributed by atoms with E-state index in [1.54, 1.807) is 42.5 Å². The van der Waals surface area contributed by atoms with Crippen LogP contribution in [0.2, 0.25) is 0 Å². The molecule has 1 N–H and O–H groups in total. The smallest absolute Gasteiger partial charge is 0.264 e. The number of hydrogen-bond donors (Lipinski definition) is 1. The quantitative estimate of drug-likeness (QED) is 0.539. The van der Waals surface area contributed by atoms with Crippen LogP contribution in [-0.2, 0) is 14.8 Å². The lowest BCUT2D eigenvalue weighted by Crippen LogP contribution is -2.51. The third kappa shape index (κ3) is 4.96. The summed E-state index contributed by atoms with van der Waals surface area (Å²) in [4.78, 5) is 13.0. The number of sulfonamides is 1. The van der Waals surface area contributed by atoms with Crippen molar-refractivity contribution in [2.24, 2.45) is 0 Å². The van der Waals surface area contributed by atoms with Gasteiger partial charge in [0.1, 0.15) is 18.1 Å². The number of benzene rings is 3. The van der Waals surface area contributed by atoms with Crippen molar-refractivity contribution in [3.05, 3.63) is 83.9 Å². The Morgan fingerprint density at radius 2 is 1.76 bits per heavy atom. The van der Waals surface area contributed by atoms with Gasteiger partial charge in [-0.3, -0.25) is 9.10 Å². The van der Waals surface area contributed by atoms with Crippen molar-refractivity contribution in [2.45, 2.75) is 24.8 Å². The van der Waals surface area contributed by atoms with Gasteiger partial charge < -0.3 is 14.8 Å². The molecule has 1 heterocycles. The summed E-state index contributed by atoms with van der Waals surface area (Å²) in [5.74, 6) is 0.673. The van der Waals surface area contributed by atoms with Crippen LogP contribution in [0, 0.1) is 13.8 Å². The number of hydrogen-bond acceptors (Lipinski definition) is 5. The molecule has 0 fully saturated rings. The fraction of sp³-hybridized carbons (Fsp3) is 0.240. The van der Waals surface area contributed by atoms with Gasteiger partial charge in [-0.25, -0.2) is 8.42 Å². The Bertz CT molecular complexity index is 1240. The average Bonchev–Trinajstić information content (AvgIpc) is 2.83. The van der Waals surface area contributed by atoms with Crippen LogP contribution < -0.4 is 19.1 Å². The van der Waals surface area contributed by atoms with Gasteiger partial charge in [0.15, 0.2) is 6.10 Å². The minimum Gasteiger partial charge on any atom is -0.492 e. The van der Waals surface area contributed by atoms with Crippen LogP contribution in [0.3, 0.4) is 0 Å². The summed E-state index contributed by atoms with van der Waals surface area (Å²) in [6.45, 7) is 4.46. The van der Waals surface area contributed by atoms with E-state index in [0.717, 1.165) is 11.3 Å². The molecule has 1 amide bonds. The predicted octanol–water partition coefficient (Wildman–Crippen LogP) is 3.45. The Balaban J connectivity index is 1.44. The molecule has 172 valence electrons. The van der Waals surface area contributed by atoms with Crippen molar-refractivity contribution in [1.29, 1.82) is 0 Å². The van der Waals surface area contributed by atoms with E-state index in [1.165, 1.54) is 22.0 Å². The highest BCUT2D eigenvalue weighted by Gasteiger charge is 2.37. The maximum absolute atomic E-state index is 13.3. The predicted molar refractivity (Wildman–Crippen MR) is 126 cm³/mol. The van der Waals surface area contributed by atoms with Crippen LogP contribution in [-0.4, -0.2) is 40.1 Å². The number of rotatable bonds is 7. The molecule has 1 atom stereocenters. The zero-order valence-corrected chi connectivity index (χ0v) is 19.3. The maximum atomic E-state index is 13.3. The number of para-hydroxylation sites is 2. The minimum absolute atomic E-state index is 0.127. The Labute approximate surface area is 194 Å². The third-order valence-corrected chi connectivity index (χ3v) is 7.30. The highest BCUT2D eigenvalue weighted by molar-refractivity contribution is 7.92. The van der Waals surface area contributed by atoms with Gasteiger partial charge in [0.2, 0.25) is 0 Å². The van der Waals surface area contributed by atoms with Crippen molar-refractivity contribution < 1.29 is 22.7 Å². The molecule has 1 aliphatic rings. The Morgan fingerprint density at radius 3 is 2.52 bits per heavy atom. The second-order valence-electron chi connectivity index (χ2n) is 7.81. The average molecular weight is 467 g/mol. The van der Waals surface area contributed by atoms with E-state index >= 15 is 0 Å². The van der Waals surface area contributed by atoms with Crippen molar-refractivity contribution in [3.8, 4) is 11.5 Å².